The molecule has 0 radical (unpaired) electrons. The Morgan fingerprint density at radius 2 is 1.79 bits per heavy atom. The largest absolute Gasteiger partial charge is 0.400 e. The van der Waals surface area contributed by atoms with Crippen LogP contribution in [0.5, 0.6) is 0 Å². The number of hydrogen-bond donors (Lipinski definition) is 2. The van der Waals surface area contributed by atoms with Gasteiger partial charge in [-0.3, -0.25) is 9.59 Å². The molecule has 1 spiro atoms. The number of carbonyl (C=O) groups excluding carboxylic acids is 2. The lowest BCUT2D eigenvalue weighted by atomic mass is 9.44. The molecule has 11 heteroatoms. The van der Waals surface area contributed by atoms with Crippen molar-refractivity contribution in [1.82, 2.24) is 14.9 Å². The first-order valence-corrected chi connectivity index (χ1v) is 12.7. The molecule has 202 valence electrons. The van der Waals surface area contributed by atoms with Crippen LogP contribution in [0.4, 0.5) is 19.0 Å². The Bertz CT molecular complexity index is 1380. The van der Waals surface area contributed by atoms with Crippen molar-refractivity contribution in [3.8, 4) is 11.3 Å². The standard InChI is InChI=1S/C27H30F3N5O3/c1-15(2)35-23(31)21(24(32)37)22(33-35)17-6-4-16(5-7-17)10-18(36)11-19-12-20(34-38-19)26(27(28,29)30)13-25(14-26)8-3-9-25/h4-7,12,15H,3,8-11,13-14,31H2,1-2H3,(H2,32,37). The molecule has 8 nitrogen and oxygen atoms in total. The first-order chi connectivity index (χ1) is 17.8. The highest BCUT2D eigenvalue weighted by Crippen LogP contribution is 2.69. The molecule has 2 aliphatic rings. The van der Waals surface area contributed by atoms with Gasteiger partial charge in [-0.2, -0.15) is 18.3 Å². The van der Waals surface area contributed by atoms with Crippen molar-refractivity contribution < 1.29 is 27.3 Å². The minimum absolute atomic E-state index is 0.0360. The number of Topliss-reactive ketones (excluding diaryl/α,β-unsaturated/α-hetero) is 1. The Morgan fingerprint density at radius 1 is 1.13 bits per heavy atom. The average molecular weight is 530 g/mol. The van der Waals surface area contributed by atoms with E-state index >= 15 is 0 Å². The van der Waals surface area contributed by atoms with Gasteiger partial charge in [0.25, 0.3) is 5.91 Å². The molecular weight excluding hydrogens is 499 g/mol. The summed E-state index contributed by atoms with van der Waals surface area (Å²) < 4.78 is 48.7. The third kappa shape index (κ3) is 4.27. The number of alkyl halides is 3. The summed E-state index contributed by atoms with van der Waals surface area (Å²) >= 11 is 0. The van der Waals surface area contributed by atoms with Crippen LogP contribution in [0.2, 0.25) is 0 Å². The summed E-state index contributed by atoms with van der Waals surface area (Å²) in [7, 11) is 0. The monoisotopic (exact) mass is 529 g/mol. The SMILES string of the molecule is CC(C)n1nc(-c2ccc(CC(=O)Cc3cc(C4(C(F)(F)F)CC5(CCC5)C4)no3)cc2)c(C(N)=O)c1N. The molecule has 0 saturated heterocycles. The molecule has 0 unspecified atom stereocenters. The predicted octanol–water partition coefficient (Wildman–Crippen LogP) is 4.92. The average Bonchev–Trinajstić information content (AvgIpc) is 3.36. The summed E-state index contributed by atoms with van der Waals surface area (Å²) in [6.45, 7) is 3.76. The number of carbonyl (C=O) groups is 2. The van der Waals surface area contributed by atoms with Gasteiger partial charge >= 0.3 is 6.18 Å². The zero-order valence-electron chi connectivity index (χ0n) is 21.3. The van der Waals surface area contributed by atoms with Gasteiger partial charge in [0.2, 0.25) is 0 Å². The normalized spacial score (nSPS) is 17.8. The van der Waals surface area contributed by atoms with Crippen LogP contribution in [0.3, 0.4) is 0 Å². The number of rotatable bonds is 8. The Balaban J connectivity index is 1.27. The molecule has 4 N–H and O–H groups in total. The van der Waals surface area contributed by atoms with Crippen LogP contribution in [0.15, 0.2) is 34.9 Å². The van der Waals surface area contributed by atoms with Crippen molar-refractivity contribution >= 4 is 17.5 Å². The van der Waals surface area contributed by atoms with Gasteiger partial charge in [-0.15, -0.1) is 0 Å². The summed E-state index contributed by atoms with van der Waals surface area (Å²) in [4.78, 5) is 24.7. The van der Waals surface area contributed by atoms with E-state index in [1.165, 1.54) is 10.7 Å². The minimum atomic E-state index is -4.42. The van der Waals surface area contributed by atoms with Gasteiger partial charge in [-0.1, -0.05) is 35.8 Å². The van der Waals surface area contributed by atoms with Crippen LogP contribution in [0, 0.1) is 5.41 Å². The molecule has 2 heterocycles. The summed E-state index contributed by atoms with van der Waals surface area (Å²) in [5.41, 5.74) is 11.1. The summed E-state index contributed by atoms with van der Waals surface area (Å²) in [5.74, 6) is -0.602. The molecule has 0 aliphatic heterocycles. The van der Waals surface area contributed by atoms with Crippen LogP contribution in [-0.2, 0) is 23.1 Å². The molecule has 1 aromatic carbocycles. The predicted molar refractivity (Wildman–Crippen MR) is 133 cm³/mol. The number of primary amides is 1. The number of ketones is 1. The van der Waals surface area contributed by atoms with E-state index in [-0.39, 0.29) is 65.8 Å². The lowest BCUT2D eigenvalue weighted by Gasteiger charge is -2.60. The number of nitrogens with two attached hydrogens (primary N) is 2. The van der Waals surface area contributed by atoms with Crippen molar-refractivity contribution in [2.24, 2.45) is 11.1 Å². The molecule has 2 aliphatic carbocycles. The Morgan fingerprint density at radius 3 is 2.32 bits per heavy atom. The zero-order valence-corrected chi connectivity index (χ0v) is 21.3. The Labute approximate surface area is 217 Å². The lowest BCUT2D eigenvalue weighted by molar-refractivity contribution is -0.255. The lowest BCUT2D eigenvalue weighted by Crippen LogP contribution is -2.60. The molecule has 3 aromatic rings. The highest BCUT2D eigenvalue weighted by molar-refractivity contribution is 6.03. The van der Waals surface area contributed by atoms with Gasteiger partial charge in [-0.05, 0) is 50.5 Å². The van der Waals surface area contributed by atoms with Gasteiger partial charge in [0.1, 0.15) is 34.0 Å². The Kier molecular flexibility index (Phi) is 6.15. The molecule has 38 heavy (non-hydrogen) atoms. The van der Waals surface area contributed by atoms with Gasteiger partial charge in [0.05, 0.1) is 12.1 Å². The van der Waals surface area contributed by atoms with E-state index in [1.807, 2.05) is 13.8 Å². The van der Waals surface area contributed by atoms with Crippen LogP contribution >= 0.6 is 0 Å². The van der Waals surface area contributed by atoms with Gasteiger partial charge in [0.15, 0.2) is 0 Å². The van der Waals surface area contributed by atoms with Crippen molar-refractivity contribution in [3.63, 3.8) is 0 Å². The molecule has 0 bridgehead atoms. The highest BCUT2D eigenvalue weighted by Gasteiger charge is 2.70. The number of benzene rings is 1. The van der Waals surface area contributed by atoms with E-state index in [4.69, 9.17) is 16.0 Å². The van der Waals surface area contributed by atoms with Crippen molar-refractivity contribution in [2.45, 2.75) is 76.4 Å². The van der Waals surface area contributed by atoms with E-state index in [1.54, 1.807) is 24.3 Å². The number of hydrogen-bond acceptors (Lipinski definition) is 6. The van der Waals surface area contributed by atoms with E-state index in [9.17, 15) is 22.8 Å². The zero-order chi connectivity index (χ0) is 27.5. The van der Waals surface area contributed by atoms with Crippen LogP contribution < -0.4 is 11.5 Å². The molecule has 0 atom stereocenters. The smallest absolute Gasteiger partial charge is 0.383 e. The molecule has 2 aromatic heterocycles. The maximum Gasteiger partial charge on any atom is 0.400 e. The maximum atomic E-state index is 14.0. The second-order valence-electron chi connectivity index (χ2n) is 11.1. The summed E-state index contributed by atoms with van der Waals surface area (Å²) in [6.07, 6.45) is -1.84. The van der Waals surface area contributed by atoms with Gasteiger partial charge < -0.3 is 16.0 Å². The number of aromatic nitrogens is 3. The van der Waals surface area contributed by atoms with Gasteiger partial charge in [-0.25, -0.2) is 4.68 Å². The summed E-state index contributed by atoms with van der Waals surface area (Å²) in [5, 5.41) is 8.19. The fourth-order valence-electron chi connectivity index (χ4n) is 5.96. The molecule has 1 amide bonds. The van der Waals surface area contributed by atoms with Crippen molar-refractivity contribution in [2.75, 3.05) is 5.73 Å². The van der Waals surface area contributed by atoms with E-state index < -0.39 is 17.5 Å². The number of anilines is 1. The molecule has 2 fully saturated rings. The van der Waals surface area contributed by atoms with E-state index in [0.29, 0.717) is 16.8 Å². The fourth-order valence-corrected chi connectivity index (χ4v) is 5.96. The van der Waals surface area contributed by atoms with Crippen LogP contribution in [-0.4, -0.2) is 32.8 Å². The number of amides is 1. The molecule has 2 saturated carbocycles. The van der Waals surface area contributed by atoms with Crippen LogP contribution in [0.1, 0.15) is 79.4 Å². The summed E-state index contributed by atoms with van der Waals surface area (Å²) in [6, 6.07) is 8.09. The van der Waals surface area contributed by atoms with Crippen molar-refractivity contribution in [3.05, 3.63) is 52.9 Å². The highest BCUT2D eigenvalue weighted by atomic mass is 19.4. The third-order valence-electron chi connectivity index (χ3n) is 8.04. The molecular formula is C27H30F3N5O3. The minimum Gasteiger partial charge on any atom is -0.383 e. The second kappa shape index (κ2) is 8.99. The fraction of sp³-hybridized carbons (Fsp3) is 0.481. The van der Waals surface area contributed by atoms with Crippen molar-refractivity contribution in [1.29, 1.82) is 0 Å². The van der Waals surface area contributed by atoms with E-state index in [0.717, 1.165) is 19.3 Å². The topological polar surface area (TPSA) is 130 Å². The second-order valence-corrected chi connectivity index (χ2v) is 11.1. The Hall–Kier alpha value is -3.63. The maximum absolute atomic E-state index is 14.0. The third-order valence-corrected chi connectivity index (χ3v) is 8.04. The quantitative estimate of drug-likeness (QED) is 0.426. The van der Waals surface area contributed by atoms with E-state index in [2.05, 4.69) is 10.3 Å². The number of halogens is 3. The number of nitrogen functional groups attached to an aromatic ring is 1. The number of nitrogens with zero attached hydrogens (tertiary/aromatic N) is 3. The molecule has 5 rings (SSSR count). The first-order valence-electron chi connectivity index (χ1n) is 12.7. The van der Waals surface area contributed by atoms with Crippen LogP contribution in [0.25, 0.3) is 11.3 Å². The van der Waals surface area contributed by atoms with Gasteiger partial charge in [0, 0.05) is 24.1 Å². The first kappa shape index (κ1) is 26.0.